The number of amides is 1. The molecular weight excluding hydrogens is 436 g/mol. The largest absolute Gasteiger partial charge is 0.497 e. The Balaban J connectivity index is 1.72. The molecule has 29 heavy (non-hydrogen) atoms. The van der Waals surface area contributed by atoms with Gasteiger partial charge in [0.05, 0.1) is 13.3 Å². The van der Waals surface area contributed by atoms with E-state index >= 15 is 0 Å². The summed E-state index contributed by atoms with van der Waals surface area (Å²) in [5.41, 5.74) is 3.20. The van der Waals surface area contributed by atoms with Gasteiger partial charge in [-0.05, 0) is 42.5 Å². The molecule has 0 unspecified atom stereocenters. The van der Waals surface area contributed by atoms with Crippen LogP contribution in [0.3, 0.4) is 0 Å². The molecule has 0 spiro atoms. The molecule has 0 heterocycles. The number of para-hydroxylation sites is 2. The van der Waals surface area contributed by atoms with E-state index in [4.69, 9.17) is 14.2 Å². The lowest BCUT2D eigenvalue weighted by molar-refractivity contribution is -0.140. The molecule has 0 aliphatic rings. The summed E-state index contributed by atoms with van der Waals surface area (Å²) in [7, 11) is 1.58. The lowest BCUT2D eigenvalue weighted by Crippen LogP contribution is -2.40. The maximum absolute atomic E-state index is 12.6. The predicted molar refractivity (Wildman–Crippen MR) is 114 cm³/mol. The second-order valence-electron chi connectivity index (χ2n) is 5.82. The zero-order valence-corrected chi connectivity index (χ0v) is 17.2. The van der Waals surface area contributed by atoms with E-state index in [2.05, 4.69) is 26.5 Å². The Morgan fingerprint density at radius 1 is 0.931 bits per heavy atom. The van der Waals surface area contributed by atoms with Crippen molar-refractivity contribution in [2.75, 3.05) is 7.11 Å². The number of nitrogens with one attached hydrogen (secondary N) is 1. The minimum Gasteiger partial charge on any atom is -0.497 e. The van der Waals surface area contributed by atoms with E-state index in [0.29, 0.717) is 17.2 Å². The summed E-state index contributed by atoms with van der Waals surface area (Å²) in [6.07, 6.45) is 0.290. The Morgan fingerprint density at radius 3 is 2.07 bits per heavy atom. The van der Waals surface area contributed by atoms with Gasteiger partial charge < -0.3 is 14.2 Å². The molecule has 0 aliphatic carbocycles. The van der Waals surface area contributed by atoms with Crippen molar-refractivity contribution >= 4 is 28.1 Å². The van der Waals surface area contributed by atoms with Gasteiger partial charge in [-0.15, -0.1) is 0 Å². The molecule has 148 valence electrons. The van der Waals surface area contributed by atoms with Crippen LogP contribution in [0.2, 0.25) is 0 Å². The number of carbonyl (C=O) groups is 1. The SMILES string of the molecule is COc1ccc(Br)c(C=NNC(=O)C(Oc2ccccc2)Oc2ccccc2)c1. The second kappa shape index (κ2) is 10.3. The minimum atomic E-state index is -1.22. The number of rotatable bonds is 8. The fourth-order valence-electron chi connectivity index (χ4n) is 2.34. The summed E-state index contributed by atoms with van der Waals surface area (Å²) in [4.78, 5) is 12.6. The molecule has 0 radical (unpaired) electrons. The van der Waals surface area contributed by atoms with Crippen LogP contribution in [0.1, 0.15) is 5.56 Å². The highest BCUT2D eigenvalue weighted by atomic mass is 79.9. The number of nitrogens with zero attached hydrogens (tertiary/aromatic N) is 1. The van der Waals surface area contributed by atoms with Crippen molar-refractivity contribution in [2.45, 2.75) is 6.29 Å². The molecular formula is C22H19BrN2O4. The Kier molecular flexibility index (Phi) is 7.24. The Hall–Kier alpha value is -3.32. The number of carbonyl (C=O) groups excluding carboxylic acids is 1. The average molecular weight is 455 g/mol. The number of ether oxygens (including phenoxy) is 3. The third-order valence-corrected chi connectivity index (χ3v) is 4.49. The first-order chi connectivity index (χ1) is 14.2. The lowest BCUT2D eigenvalue weighted by atomic mass is 10.2. The van der Waals surface area contributed by atoms with E-state index in [9.17, 15) is 4.79 Å². The summed E-state index contributed by atoms with van der Waals surface area (Å²) < 4.78 is 17.4. The van der Waals surface area contributed by atoms with E-state index < -0.39 is 12.2 Å². The normalized spacial score (nSPS) is 10.7. The number of hydrogen-bond acceptors (Lipinski definition) is 5. The Labute approximate surface area is 177 Å². The van der Waals surface area contributed by atoms with Crippen molar-refractivity contribution < 1.29 is 19.0 Å². The van der Waals surface area contributed by atoms with Crippen LogP contribution in [0.5, 0.6) is 17.2 Å². The highest BCUT2D eigenvalue weighted by molar-refractivity contribution is 9.10. The van der Waals surface area contributed by atoms with Crippen LogP contribution in [0.15, 0.2) is 88.4 Å². The Bertz CT molecular complexity index is 924. The fourth-order valence-corrected chi connectivity index (χ4v) is 2.69. The first-order valence-corrected chi connectivity index (χ1v) is 9.55. The molecule has 0 saturated carbocycles. The number of hydrogen-bond donors (Lipinski definition) is 1. The summed E-state index contributed by atoms with van der Waals surface area (Å²) in [6, 6.07) is 23.4. The van der Waals surface area contributed by atoms with Gasteiger partial charge in [-0.2, -0.15) is 5.10 Å². The van der Waals surface area contributed by atoms with Gasteiger partial charge in [0.25, 0.3) is 0 Å². The van der Waals surface area contributed by atoms with Crippen LogP contribution in [0.25, 0.3) is 0 Å². The van der Waals surface area contributed by atoms with Gasteiger partial charge in [0.1, 0.15) is 17.2 Å². The van der Waals surface area contributed by atoms with Crippen LogP contribution in [0.4, 0.5) is 0 Å². The zero-order valence-electron chi connectivity index (χ0n) is 15.6. The first kappa shape index (κ1) is 20.4. The quantitative estimate of drug-likeness (QED) is 0.311. The van der Waals surface area contributed by atoms with Crippen molar-refractivity contribution in [3.05, 3.63) is 88.9 Å². The number of methoxy groups -OCH3 is 1. The molecule has 0 fully saturated rings. The monoisotopic (exact) mass is 454 g/mol. The first-order valence-electron chi connectivity index (χ1n) is 8.75. The van der Waals surface area contributed by atoms with E-state index in [1.807, 2.05) is 48.5 Å². The van der Waals surface area contributed by atoms with E-state index in [1.165, 1.54) is 6.21 Å². The third-order valence-electron chi connectivity index (χ3n) is 3.77. The van der Waals surface area contributed by atoms with Gasteiger partial charge in [-0.25, -0.2) is 5.43 Å². The van der Waals surface area contributed by atoms with Gasteiger partial charge >= 0.3 is 12.2 Å². The topological polar surface area (TPSA) is 69.2 Å². The number of benzene rings is 3. The van der Waals surface area contributed by atoms with Crippen LogP contribution in [-0.4, -0.2) is 25.5 Å². The zero-order chi connectivity index (χ0) is 20.5. The molecule has 0 aliphatic heterocycles. The highest BCUT2D eigenvalue weighted by Crippen LogP contribution is 2.21. The average Bonchev–Trinajstić information content (AvgIpc) is 2.76. The molecule has 1 amide bonds. The van der Waals surface area contributed by atoms with Crippen molar-refractivity contribution in [2.24, 2.45) is 5.10 Å². The molecule has 7 heteroatoms. The van der Waals surface area contributed by atoms with Gasteiger partial charge in [-0.3, -0.25) is 4.79 Å². The molecule has 3 aromatic rings. The summed E-state index contributed by atoms with van der Waals surface area (Å²) in [6.45, 7) is 0. The van der Waals surface area contributed by atoms with E-state index in [-0.39, 0.29) is 0 Å². The van der Waals surface area contributed by atoms with E-state index in [1.54, 1.807) is 37.4 Å². The van der Waals surface area contributed by atoms with Gasteiger partial charge in [0.2, 0.25) is 0 Å². The maximum atomic E-state index is 12.6. The van der Waals surface area contributed by atoms with Crippen molar-refractivity contribution in [3.8, 4) is 17.2 Å². The molecule has 0 atom stereocenters. The van der Waals surface area contributed by atoms with Crippen LogP contribution in [0, 0.1) is 0 Å². The standard InChI is InChI=1S/C22H19BrN2O4/c1-27-19-12-13-20(23)16(14-19)15-24-25-21(26)22(28-17-8-4-2-5-9-17)29-18-10-6-3-7-11-18/h2-15,22H,1H3,(H,25,26). The molecule has 0 aromatic heterocycles. The lowest BCUT2D eigenvalue weighted by Gasteiger charge is -2.18. The molecule has 0 bridgehead atoms. The summed E-state index contributed by atoms with van der Waals surface area (Å²) in [5.74, 6) is 1.14. The molecule has 1 N–H and O–H groups in total. The Morgan fingerprint density at radius 2 is 1.52 bits per heavy atom. The summed E-state index contributed by atoms with van der Waals surface area (Å²) >= 11 is 3.44. The highest BCUT2D eigenvalue weighted by Gasteiger charge is 2.22. The smallest absolute Gasteiger partial charge is 0.323 e. The molecule has 6 nitrogen and oxygen atoms in total. The fraction of sp³-hybridized carbons (Fsp3) is 0.0909. The van der Waals surface area contributed by atoms with Crippen molar-refractivity contribution in [1.29, 1.82) is 0 Å². The van der Waals surface area contributed by atoms with Crippen LogP contribution >= 0.6 is 15.9 Å². The predicted octanol–water partition coefficient (Wildman–Crippen LogP) is 4.39. The third kappa shape index (κ3) is 6.08. The number of halogens is 1. The molecule has 3 rings (SSSR count). The van der Waals surface area contributed by atoms with Crippen molar-refractivity contribution in [1.82, 2.24) is 5.43 Å². The van der Waals surface area contributed by atoms with Crippen molar-refractivity contribution in [3.63, 3.8) is 0 Å². The summed E-state index contributed by atoms with van der Waals surface area (Å²) in [5, 5.41) is 4.01. The second-order valence-corrected chi connectivity index (χ2v) is 6.67. The van der Waals surface area contributed by atoms with E-state index in [0.717, 1.165) is 10.0 Å². The van der Waals surface area contributed by atoms with Gasteiger partial charge in [-0.1, -0.05) is 52.3 Å². The van der Waals surface area contributed by atoms with Crippen LogP contribution < -0.4 is 19.6 Å². The van der Waals surface area contributed by atoms with Gasteiger partial charge in [0, 0.05) is 10.0 Å². The van der Waals surface area contributed by atoms with Gasteiger partial charge in [0.15, 0.2) is 0 Å². The van der Waals surface area contributed by atoms with Crippen LogP contribution in [-0.2, 0) is 4.79 Å². The number of hydrazone groups is 1. The molecule has 0 saturated heterocycles. The minimum absolute atomic E-state index is 0.503. The maximum Gasteiger partial charge on any atom is 0.323 e. The molecule has 3 aromatic carbocycles.